The number of benzene rings is 2. The number of aliphatic carboxylic acids is 1. The third-order valence-electron chi connectivity index (χ3n) is 7.47. The third-order valence-corrected chi connectivity index (χ3v) is 7.47. The number of hydrogen-bond donors (Lipinski definition) is 3. The standard InChI is InChI=1S/C31H40O13/c1-18(32)41-27-24(37-3)22(33)25(29(34)35)43-30(27)42-23-21(17-39-15-19-11-7-5-8-12-19)44-31(2,36)28(26(23)38-4)40-16-20-13-9-6-10-14-20/h5-14,21-28,30,33,36H,15-17H2,1-4H3,(H,34,35)/t21-,22+,23-,24+,25-,26+,27-,28-,30-,31-/m1/s1. The maximum atomic E-state index is 12.0. The second-order valence-corrected chi connectivity index (χ2v) is 10.8. The fourth-order valence-corrected chi connectivity index (χ4v) is 5.44. The number of methoxy groups -OCH3 is 2. The number of carbonyl (C=O) groups is 2. The molecule has 10 atom stereocenters. The highest BCUT2D eigenvalue weighted by Gasteiger charge is 2.57. The van der Waals surface area contributed by atoms with Crippen LogP contribution >= 0.6 is 0 Å². The van der Waals surface area contributed by atoms with E-state index in [2.05, 4.69) is 0 Å². The molecule has 44 heavy (non-hydrogen) atoms. The minimum atomic E-state index is -1.88. The lowest BCUT2D eigenvalue weighted by Crippen LogP contribution is -2.68. The van der Waals surface area contributed by atoms with Crippen molar-refractivity contribution in [2.45, 2.75) is 88.0 Å². The average Bonchev–Trinajstić information content (AvgIpc) is 2.99. The molecule has 0 amide bonds. The molecular weight excluding hydrogens is 580 g/mol. The van der Waals surface area contributed by atoms with Gasteiger partial charge in [-0.3, -0.25) is 4.79 Å². The SMILES string of the molecule is CO[C@H]1[C@H](O)[C@H](C(=O)O)O[C@@H](O[C@H]2[C@H](OC)[C@@H](OCc3ccccc3)[C@](C)(O)O[C@@H]2COCc2ccccc2)[C@@H]1OC(C)=O. The normalized spacial score (nSPS) is 33.9. The van der Waals surface area contributed by atoms with Gasteiger partial charge in [0.25, 0.3) is 0 Å². The van der Waals surface area contributed by atoms with E-state index >= 15 is 0 Å². The highest BCUT2D eigenvalue weighted by atomic mass is 16.8. The minimum absolute atomic E-state index is 0.0926. The summed E-state index contributed by atoms with van der Waals surface area (Å²) >= 11 is 0. The molecule has 0 aliphatic carbocycles. The Morgan fingerprint density at radius 2 is 1.48 bits per heavy atom. The van der Waals surface area contributed by atoms with Crippen LogP contribution < -0.4 is 0 Å². The first-order valence-electron chi connectivity index (χ1n) is 14.2. The Kier molecular flexibility index (Phi) is 11.8. The first-order chi connectivity index (χ1) is 21.1. The molecule has 2 aromatic carbocycles. The summed E-state index contributed by atoms with van der Waals surface area (Å²) < 4.78 is 46.8. The van der Waals surface area contributed by atoms with Crippen molar-refractivity contribution in [1.82, 2.24) is 0 Å². The van der Waals surface area contributed by atoms with E-state index in [0.29, 0.717) is 0 Å². The van der Waals surface area contributed by atoms with Crippen molar-refractivity contribution in [1.29, 1.82) is 0 Å². The van der Waals surface area contributed by atoms with Crippen molar-refractivity contribution in [2.75, 3.05) is 20.8 Å². The van der Waals surface area contributed by atoms with Crippen LogP contribution in [0.4, 0.5) is 0 Å². The van der Waals surface area contributed by atoms with Crippen molar-refractivity contribution in [2.24, 2.45) is 0 Å². The van der Waals surface area contributed by atoms with E-state index in [1.165, 1.54) is 21.1 Å². The molecule has 2 fully saturated rings. The van der Waals surface area contributed by atoms with Gasteiger partial charge in [-0.05, 0) is 18.1 Å². The molecule has 3 N–H and O–H groups in total. The lowest BCUT2D eigenvalue weighted by molar-refractivity contribution is -0.385. The summed E-state index contributed by atoms with van der Waals surface area (Å²) in [5.41, 5.74) is 1.72. The Bertz CT molecular complexity index is 1190. The topological polar surface area (TPSA) is 169 Å². The number of ether oxygens (including phenoxy) is 8. The second-order valence-electron chi connectivity index (χ2n) is 10.8. The van der Waals surface area contributed by atoms with Gasteiger partial charge in [-0.25, -0.2) is 4.79 Å². The number of esters is 1. The van der Waals surface area contributed by atoms with Crippen LogP contribution in [0.2, 0.25) is 0 Å². The summed E-state index contributed by atoms with van der Waals surface area (Å²) in [5, 5.41) is 31.9. The number of carboxylic acid groups (broad SMARTS) is 1. The second kappa shape index (κ2) is 15.3. The molecule has 0 bridgehead atoms. The van der Waals surface area contributed by atoms with Crippen molar-refractivity contribution < 1.29 is 62.8 Å². The van der Waals surface area contributed by atoms with Crippen LogP contribution in [0.15, 0.2) is 60.7 Å². The van der Waals surface area contributed by atoms with Gasteiger partial charge in [-0.15, -0.1) is 0 Å². The number of hydrogen-bond acceptors (Lipinski definition) is 12. The zero-order valence-corrected chi connectivity index (χ0v) is 25.0. The first-order valence-corrected chi connectivity index (χ1v) is 14.2. The molecule has 2 aliphatic rings. The van der Waals surface area contributed by atoms with E-state index in [9.17, 15) is 24.9 Å². The van der Waals surface area contributed by atoms with Crippen molar-refractivity contribution >= 4 is 11.9 Å². The van der Waals surface area contributed by atoms with Crippen LogP contribution in [0, 0.1) is 0 Å². The number of rotatable bonds is 13. The summed E-state index contributed by atoms with van der Waals surface area (Å²) in [7, 11) is 2.63. The minimum Gasteiger partial charge on any atom is -0.479 e. The largest absolute Gasteiger partial charge is 0.479 e. The van der Waals surface area contributed by atoms with E-state index in [1.807, 2.05) is 60.7 Å². The maximum Gasteiger partial charge on any atom is 0.335 e. The average molecular weight is 621 g/mol. The van der Waals surface area contributed by atoms with E-state index < -0.39 is 72.8 Å². The Balaban J connectivity index is 1.64. The van der Waals surface area contributed by atoms with Crippen molar-refractivity contribution in [3.63, 3.8) is 0 Å². The highest BCUT2D eigenvalue weighted by Crippen LogP contribution is 2.37. The fraction of sp³-hybridized carbons (Fsp3) is 0.548. The molecule has 2 aromatic rings. The summed E-state index contributed by atoms with van der Waals surface area (Å²) in [4.78, 5) is 24.0. The van der Waals surface area contributed by atoms with E-state index in [1.54, 1.807) is 0 Å². The number of carboxylic acids is 1. The lowest BCUT2D eigenvalue weighted by Gasteiger charge is -2.50. The quantitative estimate of drug-likeness (QED) is 0.275. The Morgan fingerprint density at radius 3 is 2.02 bits per heavy atom. The molecule has 2 heterocycles. The van der Waals surface area contributed by atoms with Gasteiger partial charge in [0.15, 0.2) is 24.3 Å². The molecule has 0 spiro atoms. The Morgan fingerprint density at radius 1 is 0.886 bits per heavy atom. The van der Waals surface area contributed by atoms with Gasteiger partial charge in [0.1, 0.15) is 36.6 Å². The predicted octanol–water partition coefficient (Wildman–Crippen LogP) is 1.41. The summed E-state index contributed by atoms with van der Waals surface area (Å²) in [6, 6.07) is 18.7. The zero-order chi connectivity index (χ0) is 31.9. The van der Waals surface area contributed by atoms with Crippen molar-refractivity contribution in [3.05, 3.63) is 71.8 Å². The fourth-order valence-electron chi connectivity index (χ4n) is 5.44. The summed E-state index contributed by atoms with van der Waals surface area (Å²) in [6.45, 7) is 2.81. The molecule has 0 aromatic heterocycles. The van der Waals surface area contributed by atoms with Crippen LogP contribution in [0.3, 0.4) is 0 Å². The molecule has 2 aliphatic heterocycles. The van der Waals surface area contributed by atoms with Gasteiger partial charge in [0.2, 0.25) is 0 Å². The number of aliphatic hydroxyl groups excluding tert-OH is 1. The predicted molar refractivity (Wildman–Crippen MR) is 151 cm³/mol. The smallest absolute Gasteiger partial charge is 0.335 e. The van der Waals surface area contributed by atoms with E-state index in [-0.39, 0.29) is 19.8 Å². The monoisotopic (exact) mass is 620 g/mol. The molecule has 13 nitrogen and oxygen atoms in total. The molecule has 0 radical (unpaired) electrons. The lowest BCUT2D eigenvalue weighted by atomic mass is 9.92. The summed E-state index contributed by atoms with van der Waals surface area (Å²) in [5.74, 6) is -4.10. The van der Waals surface area contributed by atoms with Crippen LogP contribution in [0.5, 0.6) is 0 Å². The van der Waals surface area contributed by atoms with Crippen LogP contribution in [-0.4, -0.2) is 109 Å². The zero-order valence-electron chi connectivity index (χ0n) is 25.0. The van der Waals surface area contributed by atoms with Gasteiger partial charge >= 0.3 is 11.9 Å². The number of aliphatic hydroxyl groups is 2. The van der Waals surface area contributed by atoms with Crippen LogP contribution in [0.1, 0.15) is 25.0 Å². The molecule has 2 saturated heterocycles. The van der Waals surface area contributed by atoms with Gasteiger partial charge in [0.05, 0.1) is 19.8 Å². The first kappa shape index (κ1) is 33.9. The molecule has 4 rings (SSSR count). The van der Waals surface area contributed by atoms with E-state index in [0.717, 1.165) is 18.1 Å². The highest BCUT2D eigenvalue weighted by molar-refractivity contribution is 5.73. The van der Waals surface area contributed by atoms with Gasteiger partial charge in [-0.1, -0.05) is 60.7 Å². The van der Waals surface area contributed by atoms with E-state index in [4.69, 9.17) is 37.9 Å². The van der Waals surface area contributed by atoms with Gasteiger partial charge in [0, 0.05) is 21.1 Å². The van der Waals surface area contributed by atoms with Crippen molar-refractivity contribution in [3.8, 4) is 0 Å². The molecule has 0 unspecified atom stereocenters. The molecule has 13 heteroatoms. The van der Waals surface area contributed by atoms with Crippen LogP contribution in [-0.2, 0) is 60.7 Å². The Labute approximate surface area is 255 Å². The molecule has 0 saturated carbocycles. The third kappa shape index (κ3) is 8.18. The van der Waals surface area contributed by atoms with Gasteiger partial charge in [-0.2, -0.15) is 0 Å². The number of carbonyl (C=O) groups excluding carboxylic acids is 1. The molecular formula is C31H40O13. The summed E-state index contributed by atoms with van der Waals surface area (Å²) in [6.07, 6.45) is -12.0. The maximum absolute atomic E-state index is 12.0. The van der Waals surface area contributed by atoms with Gasteiger partial charge < -0.3 is 53.2 Å². The Hall–Kier alpha value is -2.98. The van der Waals surface area contributed by atoms with Crippen LogP contribution in [0.25, 0.3) is 0 Å². The molecule has 242 valence electrons.